The van der Waals surface area contributed by atoms with Gasteiger partial charge in [0, 0.05) is 19.7 Å². The number of benzene rings is 1. The van der Waals surface area contributed by atoms with Crippen molar-refractivity contribution in [3.8, 4) is 0 Å². The van der Waals surface area contributed by atoms with Gasteiger partial charge in [0.25, 0.3) is 0 Å². The Bertz CT molecular complexity index is 646. The van der Waals surface area contributed by atoms with Gasteiger partial charge in [-0.15, -0.1) is 0 Å². The lowest BCUT2D eigenvalue weighted by atomic mass is 10.2. The first-order chi connectivity index (χ1) is 9.75. The maximum atomic E-state index is 13.1. The molecule has 0 amide bonds. The minimum absolute atomic E-state index is 0.00610. The summed E-state index contributed by atoms with van der Waals surface area (Å²) in [6.45, 7) is 0.183. The molecule has 1 heterocycles. The molecule has 0 radical (unpaired) electrons. The monoisotopic (exact) mass is 319 g/mol. The van der Waals surface area contributed by atoms with Crippen molar-refractivity contribution in [2.24, 2.45) is 0 Å². The third-order valence-electron chi connectivity index (χ3n) is 2.63. The number of hydrogen-bond acceptors (Lipinski definition) is 3. The fraction of sp³-hybridized carbons (Fsp3) is 0.231. The van der Waals surface area contributed by atoms with Gasteiger partial charge in [0.2, 0.25) is 5.82 Å². The van der Waals surface area contributed by atoms with Crippen LogP contribution in [-0.2, 0) is 12.7 Å². The zero-order valence-electron chi connectivity index (χ0n) is 10.8. The van der Waals surface area contributed by atoms with Crippen molar-refractivity contribution in [2.45, 2.75) is 12.7 Å². The van der Waals surface area contributed by atoms with Crippen molar-refractivity contribution in [3.63, 3.8) is 0 Å². The Morgan fingerprint density at radius 3 is 2.52 bits per heavy atom. The van der Waals surface area contributed by atoms with Gasteiger partial charge in [-0.2, -0.15) is 13.2 Å². The summed E-state index contributed by atoms with van der Waals surface area (Å²) in [4.78, 5) is 8.01. The van der Waals surface area contributed by atoms with E-state index in [-0.39, 0.29) is 17.5 Å². The van der Waals surface area contributed by atoms with Gasteiger partial charge >= 0.3 is 6.18 Å². The second kappa shape index (κ2) is 5.85. The molecule has 0 aliphatic heterocycles. The lowest BCUT2D eigenvalue weighted by molar-refractivity contribution is -0.144. The molecule has 112 valence electrons. The van der Waals surface area contributed by atoms with E-state index in [2.05, 4.69) is 9.97 Å². The lowest BCUT2D eigenvalue weighted by Gasteiger charge is -2.19. The predicted molar refractivity (Wildman–Crippen MR) is 70.6 cm³/mol. The molecule has 2 aromatic rings. The Kier molecular flexibility index (Phi) is 4.32. The molecule has 2 rings (SSSR count). The van der Waals surface area contributed by atoms with Crippen LogP contribution in [0.1, 0.15) is 11.4 Å². The van der Waals surface area contributed by atoms with Crippen molar-refractivity contribution >= 4 is 17.4 Å². The molecule has 0 saturated carbocycles. The molecule has 0 spiro atoms. The van der Waals surface area contributed by atoms with Crippen molar-refractivity contribution in [1.29, 1.82) is 0 Å². The summed E-state index contributed by atoms with van der Waals surface area (Å²) in [5.74, 6) is -1.72. The molecule has 1 aromatic heterocycles. The first kappa shape index (κ1) is 15.5. The fourth-order valence-electron chi connectivity index (χ4n) is 1.72. The number of rotatable bonds is 3. The summed E-state index contributed by atoms with van der Waals surface area (Å²) in [5.41, 5.74) is 0.598. The van der Waals surface area contributed by atoms with E-state index in [1.54, 1.807) is 6.07 Å². The highest BCUT2D eigenvalue weighted by Gasteiger charge is 2.35. The Hall–Kier alpha value is -1.89. The molecular formula is C13H10ClF4N3. The molecule has 0 bridgehead atoms. The highest BCUT2D eigenvalue weighted by atomic mass is 35.5. The highest BCUT2D eigenvalue weighted by molar-refractivity contribution is 6.29. The number of anilines is 1. The summed E-state index contributed by atoms with van der Waals surface area (Å²) in [6.07, 6.45) is -4.68. The number of alkyl halides is 3. The summed E-state index contributed by atoms with van der Waals surface area (Å²) < 4.78 is 51.0. The van der Waals surface area contributed by atoms with Crippen LogP contribution in [0.5, 0.6) is 0 Å². The maximum absolute atomic E-state index is 13.1. The molecule has 1 aromatic carbocycles. The quantitative estimate of drug-likeness (QED) is 0.634. The maximum Gasteiger partial charge on any atom is 0.451 e. The van der Waals surface area contributed by atoms with Gasteiger partial charge in [0.05, 0.1) is 0 Å². The van der Waals surface area contributed by atoms with Crippen molar-refractivity contribution in [3.05, 3.63) is 52.7 Å². The zero-order valence-corrected chi connectivity index (χ0v) is 11.6. The van der Waals surface area contributed by atoms with Gasteiger partial charge in [-0.05, 0) is 17.7 Å². The molecule has 0 aliphatic rings. The summed E-state index contributed by atoms with van der Waals surface area (Å²) in [7, 11) is 1.53. The van der Waals surface area contributed by atoms with E-state index in [4.69, 9.17) is 11.6 Å². The molecule has 0 atom stereocenters. The largest absolute Gasteiger partial charge is 0.451 e. The predicted octanol–water partition coefficient (Wildman–Crippen LogP) is 3.92. The molecule has 0 fully saturated rings. The fourth-order valence-corrected chi connectivity index (χ4v) is 1.90. The van der Waals surface area contributed by atoms with Crippen LogP contribution in [0.15, 0.2) is 30.3 Å². The molecule has 0 unspecified atom stereocenters. The standard InChI is InChI=1S/C13H10ClF4N3/c1-21(7-8-3-2-4-9(15)5-8)11-6-10(14)19-12(20-11)13(16,17)18/h2-6H,7H2,1H3. The van der Waals surface area contributed by atoms with Gasteiger partial charge in [-0.1, -0.05) is 23.7 Å². The Morgan fingerprint density at radius 1 is 1.19 bits per heavy atom. The molecule has 0 saturated heterocycles. The Labute approximate surface area is 123 Å². The number of aromatic nitrogens is 2. The molecule has 21 heavy (non-hydrogen) atoms. The van der Waals surface area contributed by atoms with E-state index in [9.17, 15) is 17.6 Å². The van der Waals surface area contributed by atoms with Crippen LogP contribution in [0.25, 0.3) is 0 Å². The number of hydrogen-bond donors (Lipinski definition) is 0. The molecule has 3 nitrogen and oxygen atoms in total. The molecule has 8 heteroatoms. The summed E-state index contributed by atoms with van der Waals surface area (Å²) in [6, 6.07) is 6.98. The first-order valence-electron chi connectivity index (χ1n) is 5.83. The van der Waals surface area contributed by atoms with Crippen molar-refractivity contribution in [1.82, 2.24) is 9.97 Å². The van der Waals surface area contributed by atoms with Crippen molar-refractivity contribution in [2.75, 3.05) is 11.9 Å². The van der Waals surface area contributed by atoms with Gasteiger partial charge < -0.3 is 4.90 Å². The third-order valence-corrected chi connectivity index (χ3v) is 2.83. The molecule has 0 N–H and O–H groups in total. The van der Waals surface area contributed by atoms with E-state index >= 15 is 0 Å². The molecular weight excluding hydrogens is 310 g/mol. The zero-order chi connectivity index (χ0) is 15.6. The van der Waals surface area contributed by atoms with Gasteiger partial charge in [-0.25, -0.2) is 14.4 Å². The second-order valence-electron chi connectivity index (χ2n) is 4.36. The van der Waals surface area contributed by atoms with Crippen LogP contribution in [0, 0.1) is 5.82 Å². The van der Waals surface area contributed by atoms with Gasteiger partial charge in [0.15, 0.2) is 0 Å². The molecule has 0 aliphatic carbocycles. The Balaban J connectivity index is 2.27. The van der Waals surface area contributed by atoms with E-state index in [0.29, 0.717) is 5.56 Å². The van der Waals surface area contributed by atoms with E-state index < -0.39 is 17.8 Å². The third kappa shape index (κ3) is 4.04. The lowest BCUT2D eigenvalue weighted by Crippen LogP contribution is -2.20. The first-order valence-corrected chi connectivity index (χ1v) is 6.21. The van der Waals surface area contributed by atoms with Crippen LogP contribution < -0.4 is 4.90 Å². The average Bonchev–Trinajstić information content (AvgIpc) is 2.37. The smallest absolute Gasteiger partial charge is 0.355 e. The van der Waals surface area contributed by atoms with Crippen LogP contribution in [0.3, 0.4) is 0 Å². The van der Waals surface area contributed by atoms with Gasteiger partial charge in [-0.3, -0.25) is 0 Å². The summed E-state index contributed by atoms with van der Waals surface area (Å²) in [5, 5.41) is -0.307. The number of nitrogens with zero attached hydrogens (tertiary/aromatic N) is 3. The highest BCUT2D eigenvalue weighted by Crippen LogP contribution is 2.29. The van der Waals surface area contributed by atoms with E-state index in [1.165, 1.54) is 36.2 Å². The topological polar surface area (TPSA) is 29.0 Å². The number of halogens is 5. The second-order valence-corrected chi connectivity index (χ2v) is 4.74. The van der Waals surface area contributed by atoms with Crippen LogP contribution >= 0.6 is 11.6 Å². The van der Waals surface area contributed by atoms with Crippen molar-refractivity contribution < 1.29 is 17.6 Å². The van der Waals surface area contributed by atoms with Gasteiger partial charge in [0.1, 0.15) is 16.8 Å². The Morgan fingerprint density at radius 2 is 1.90 bits per heavy atom. The minimum Gasteiger partial charge on any atom is -0.355 e. The normalized spacial score (nSPS) is 11.5. The van der Waals surface area contributed by atoms with Crippen LogP contribution in [-0.4, -0.2) is 17.0 Å². The van der Waals surface area contributed by atoms with Crippen LogP contribution in [0.2, 0.25) is 5.15 Å². The van der Waals surface area contributed by atoms with E-state index in [1.807, 2.05) is 0 Å². The minimum atomic E-state index is -4.68. The van der Waals surface area contributed by atoms with Crippen LogP contribution in [0.4, 0.5) is 23.4 Å². The summed E-state index contributed by atoms with van der Waals surface area (Å²) >= 11 is 5.59. The van der Waals surface area contributed by atoms with E-state index in [0.717, 1.165) is 0 Å². The SMILES string of the molecule is CN(Cc1cccc(F)c1)c1cc(Cl)nc(C(F)(F)F)n1. The average molecular weight is 320 g/mol.